The summed E-state index contributed by atoms with van der Waals surface area (Å²) < 4.78 is 10.3. The monoisotopic (exact) mass is 257 g/mol. The Kier molecular flexibility index (Phi) is 4.13. The molecule has 4 heteroatoms. The van der Waals surface area contributed by atoms with Crippen molar-refractivity contribution in [2.75, 3.05) is 13.7 Å². The van der Waals surface area contributed by atoms with Crippen LogP contribution < -0.4 is 9.47 Å². The third-order valence-electron chi connectivity index (χ3n) is 2.58. The molecule has 0 aliphatic rings. The molecule has 0 unspecified atom stereocenters. The second-order valence-corrected chi connectivity index (χ2v) is 4.10. The largest absolute Gasteiger partial charge is 0.486 e. The van der Waals surface area contributed by atoms with Crippen molar-refractivity contribution in [3.05, 3.63) is 42.6 Å². The molecule has 0 radical (unpaired) electrons. The molecule has 2 aromatic rings. The highest BCUT2D eigenvalue weighted by atomic mass is 16.5. The van der Waals surface area contributed by atoms with Gasteiger partial charge in [-0.15, -0.1) is 0 Å². The highest BCUT2D eigenvalue weighted by Crippen LogP contribution is 2.23. The number of Topliss-reactive ketones (excluding diaryl/α,β-unsaturated/α-hetero) is 1. The molecule has 0 saturated heterocycles. The smallest absolute Gasteiger partial charge is 0.212 e. The zero-order chi connectivity index (χ0) is 13.7. The molecule has 0 aliphatic carbocycles. The van der Waals surface area contributed by atoms with Crippen LogP contribution in [0.2, 0.25) is 0 Å². The average Bonchev–Trinajstić information content (AvgIpc) is 2.46. The first kappa shape index (κ1) is 13.1. The quantitative estimate of drug-likeness (QED) is 0.826. The van der Waals surface area contributed by atoms with Gasteiger partial charge >= 0.3 is 0 Å². The third-order valence-corrected chi connectivity index (χ3v) is 2.58. The Labute approximate surface area is 112 Å². The maximum Gasteiger partial charge on any atom is 0.212 e. The van der Waals surface area contributed by atoms with Crippen LogP contribution >= 0.6 is 0 Å². The number of ketones is 1. The molecular formula is C15H15NO3. The lowest BCUT2D eigenvalue weighted by molar-refractivity contribution is -0.118. The van der Waals surface area contributed by atoms with Crippen LogP contribution in [0.4, 0.5) is 0 Å². The molecule has 4 nitrogen and oxygen atoms in total. The van der Waals surface area contributed by atoms with Crippen LogP contribution in [0.3, 0.4) is 0 Å². The van der Waals surface area contributed by atoms with Gasteiger partial charge in [-0.3, -0.25) is 4.79 Å². The fourth-order valence-corrected chi connectivity index (χ4v) is 1.60. The maximum atomic E-state index is 10.8. The normalized spacial score (nSPS) is 10.0. The molecule has 1 aromatic heterocycles. The summed E-state index contributed by atoms with van der Waals surface area (Å²) in [5.41, 5.74) is 2.03. The minimum absolute atomic E-state index is 0.00318. The zero-order valence-electron chi connectivity index (χ0n) is 10.9. The third kappa shape index (κ3) is 3.55. The summed E-state index contributed by atoms with van der Waals surface area (Å²) in [6, 6.07) is 11.3. The summed E-state index contributed by atoms with van der Waals surface area (Å²) in [4.78, 5) is 15.0. The predicted molar refractivity (Wildman–Crippen MR) is 72.4 cm³/mol. The molecule has 0 amide bonds. The van der Waals surface area contributed by atoms with Gasteiger partial charge in [0.1, 0.15) is 12.4 Å². The SMILES string of the molecule is COc1ccc(-c2ccc(OCC(C)=O)cc2)cn1. The van der Waals surface area contributed by atoms with Gasteiger partial charge in [0.2, 0.25) is 5.88 Å². The van der Waals surface area contributed by atoms with Crippen molar-refractivity contribution in [2.24, 2.45) is 0 Å². The Balaban J connectivity index is 2.10. The van der Waals surface area contributed by atoms with E-state index in [4.69, 9.17) is 9.47 Å². The van der Waals surface area contributed by atoms with Gasteiger partial charge in [0.25, 0.3) is 0 Å². The predicted octanol–water partition coefficient (Wildman–Crippen LogP) is 2.73. The average molecular weight is 257 g/mol. The van der Waals surface area contributed by atoms with Crippen LogP contribution in [0, 0.1) is 0 Å². The molecular weight excluding hydrogens is 242 g/mol. The number of hydrogen-bond acceptors (Lipinski definition) is 4. The molecule has 0 saturated carbocycles. The Bertz CT molecular complexity index is 547. The summed E-state index contributed by atoms with van der Waals surface area (Å²) in [5, 5.41) is 0. The van der Waals surface area contributed by atoms with E-state index in [1.807, 2.05) is 36.4 Å². The summed E-state index contributed by atoms with van der Waals surface area (Å²) in [6.45, 7) is 1.60. The van der Waals surface area contributed by atoms with Gasteiger partial charge in [0.15, 0.2) is 5.78 Å². The minimum atomic E-state index is 0.00318. The van der Waals surface area contributed by atoms with Gasteiger partial charge in [0.05, 0.1) is 7.11 Å². The van der Waals surface area contributed by atoms with E-state index in [0.717, 1.165) is 11.1 Å². The van der Waals surface area contributed by atoms with E-state index in [1.54, 1.807) is 13.3 Å². The summed E-state index contributed by atoms with van der Waals surface area (Å²) in [5.74, 6) is 1.27. The maximum absolute atomic E-state index is 10.8. The lowest BCUT2D eigenvalue weighted by atomic mass is 10.1. The minimum Gasteiger partial charge on any atom is -0.486 e. The van der Waals surface area contributed by atoms with E-state index in [9.17, 15) is 4.79 Å². The lowest BCUT2D eigenvalue weighted by Crippen LogP contribution is -2.06. The van der Waals surface area contributed by atoms with E-state index in [0.29, 0.717) is 11.6 Å². The number of pyridine rings is 1. The molecule has 0 fully saturated rings. The molecule has 1 aromatic carbocycles. The van der Waals surface area contributed by atoms with Crippen LogP contribution in [-0.2, 0) is 4.79 Å². The fraction of sp³-hybridized carbons (Fsp3) is 0.200. The van der Waals surface area contributed by atoms with Crippen molar-refractivity contribution in [1.82, 2.24) is 4.98 Å². The van der Waals surface area contributed by atoms with Crippen LogP contribution in [0.5, 0.6) is 11.6 Å². The molecule has 0 bridgehead atoms. The Hall–Kier alpha value is -2.36. The highest BCUT2D eigenvalue weighted by Gasteiger charge is 2.01. The number of carbonyl (C=O) groups is 1. The lowest BCUT2D eigenvalue weighted by Gasteiger charge is -2.06. The van der Waals surface area contributed by atoms with E-state index in [-0.39, 0.29) is 12.4 Å². The molecule has 0 aliphatic heterocycles. The van der Waals surface area contributed by atoms with Gasteiger partial charge in [-0.2, -0.15) is 0 Å². The van der Waals surface area contributed by atoms with Crippen LogP contribution in [0.25, 0.3) is 11.1 Å². The van der Waals surface area contributed by atoms with Gasteiger partial charge in [-0.1, -0.05) is 12.1 Å². The number of methoxy groups -OCH3 is 1. The molecule has 0 atom stereocenters. The molecule has 0 spiro atoms. The summed E-state index contributed by atoms with van der Waals surface area (Å²) >= 11 is 0. The summed E-state index contributed by atoms with van der Waals surface area (Å²) in [7, 11) is 1.59. The second kappa shape index (κ2) is 6.00. The van der Waals surface area contributed by atoms with Crippen molar-refractivity contribution in [3.8, 4) is 22.8 Å². The molecule has 19 heavy (non-hydrogen) atoms. The number of rotatable bonds is 5. The number of hydrogen-bond donors (Lipinski definition) is 0. The number of ether oxygens (including phenoxy) is 2. The summed E-state index contributed by atoms with van der Waals surface area (Å²) in [6.07, 6.45) is 1.75. The fourth-order valence-electron chi connectivity index (χ4n) is 1.60. The Morgan fingerprint density at radius 1 is 1.11 bits per heavy atom. The van der Waals surface area contributed by atoms with Crippen LogP contribution in [0.15, 0.2) is 42.6 Å². The van der Waals surface area contributed by atoms with E-state index >= 15 is 0 Å². The van der Waals surface area contributed by atoms with Crippen molar-refractivity contribution in [3.63, 3.8) is 0 Å². The zero-order valence-corrected chi connectivity index (χ0v) is 10.9. The number of aromatic nitrogens is 1. The second-order valence-electron chi connectivity index (χ2n) is 4.10. The van der Waals surface area contributed by atoms with Gasteiger partial charge in [-0.05, 0) is 30.7 Å². The van der Waals surface area contributed by atoms with Crippen molar-refractivity contribution in [2.45, 2.75) is 6.92 Å². The first-order valence-electron chi connectivity index (χ1n) is 5.92. The molecule has 0 N–H and O–H groups in total. The number of carbonyl (C=O) groups excluding carboxylic acids is 1. The van der Waals surface area contributed by atoms with Crippen molar-refractivity contribution in [1.29, 1.82) is 0 Å². The number of nitrogens with zero attached hydrogens (tertiary/aromatic N) is 1. The Morgan fingerprint density at radius 2 is 1.79 bits per heavy atom. The van der Waals surface area contributed by atoms with Crippen molar-refractivity contribution < 1.29 is 14.3 Å². The van der Waals surface area contributed by atoms with Gasteiger partial charge < -0.3 is 9.47 Å². The van der Waals surface area contributed by atoms with E-state index in [1.165, 1.54) is 6.92 Å². The highest BCUT2D eigenvalue weighted by molar-refractivity contribution is 5.77. The van der Waals surface area contributed by atoms with Gasteiger partial charge in [-0.25, -0.2) is 4.98 Å². The number of benzene rings is 1. The van der Waals surface area contributed by atoms with Crippen LogP contribution in [-0.4, -0.2) is 24.5 Å². The molecule has 98 valence electrons. The first-order chi connectivity index (χ1) is 9.19. The standard InChI is InChI=1S/C15H15NO3/c1-11(17)10-19-14-6-3-12(4-7-14)13-5-8-15(18-2)16-9-13/h3-9H,10H2,1-2H3. The first-order valence-corrected chi connectivity index (χ1v) is 5.92. The van der Waals surface area contributed by atoms with Crippen molar-refractivity contribution >= 4 is 5.78 Å². The topological polar surface area (TPSA) is 48.4 Å². The van der Waals surface area contributed by atoms with E-state index < -0.39 is 0 Å². The van der Waals surface area contributed by atoms with Crippen LogP contribution in [0.1, 0.15) is 6.92 Å². The van der Waals surface area contributed by atoms with E-state index in [2.05, 4.69) is 4.98 Å². The molecule has 1 heterocycles. The molecule has 2 rings (SSSR count). The van der Waals surface area contributed by atoms with Gasteiger partial charge in [0, 0.05) is 17.8 Å². The Morgan fingerprint density at radius 3 is 2.32 bits per heavy atom.